The average molecular weight is 266 g/mol. The number of hydrazine groups is 1. The van der Waals surface area contributed by atoms with Crippen molar-refractivity contribution in [3.63, 3.8) is 0 Å². The number of fused-ring (bicyclic) bond motifs is 2. The molecule has 2 rings (SSSR count). The normalized spacial score (nSPS) is 36.8. The Kier molecular flexibility index (Phi) is 3.10. The van der Waals surface area contributed by atoms with Crippen molar-refractivity contribution in [2.45, 2.75) is 24.6 Å². The summed E-state index contributed by atoms with van der Waals surface area (Å²) in [5.41, 5.74) is 0.110. The third kappa shape index (κ3) is 2.27. The molecule has 17 heavy (non-hydrogen) atoms. The van der Waals surface area contributed by atoms with E-state index in [1.54, 1.807) is 0 Å². The number of rotatable bonds is 3. The Morgan fingerprint density at radius 3 is 2.94 bits per heavy atom. The molecule has 98 valence electrons. The van der Waals surface area contributed by atoms with Crippen molar-refractivity contribution < 1.29 is 21.9 Å². The molecule has 2 aliphatic heterocycles. The van der Waals surface area contributed by atoms with E-state index in [2.05, 4.69) is 9.50 Å². The van der Waals surface area contributed by atoms with Crippen LogP contribution in [0.15, 0.2) is 0 Å². The van der Waals surface area contributed by atoms with Crippen molar-refractivity contribution in [3.8, 4) is 0 Å². The fraction of sp³-hybridized carbons (Fsp3) is 0.857. The van der Waals surface area contributed by atoms with Crippen LogP contribution in [-0.2, 0) is 19.4 Å². The highest BCUT2D eigenvalue weighted by molar-refractivity contribution is 7.81. The summed E-state index contributed by atoms with van der Waals surface area (Å²) in [6, 6.07) is 0.193. The highest BCUT2D eigenvalue weighted by atomic mass is 32.3. The first kappa shape index (κ1) is 12.7. The molecule has 3 atom stereocenters. The Balaban J connectivity index is 2.33. The number of hydrogen-bond acceptors (Lipinski definition) is 7. The van der Waals surface area contributed by atoms with Crippen LogP contribution in [-0.4, -0.2) is 48.8 Å². The SMILES string of the molecule is NNC(=O)C1(OS(=O)(=O)O)CCC2CN1CN2. The van der Waals surface area contributed by atoms with Gasteiger partial charge in [0.05, 0.1) is 6.67 Å². The largest absolute Gasteiger partial charge is 0.399 e. The van der Waals surface area contributed by atoms with Gasteiger partial charge in [0, 0.05) is 19.0 Å². The third-order valence-electron chi connectivity index (χ3n) is 3.08. The maximum absolute atomic E-state index is 11.7. The zero-order valence-electron chi connectivity index (χ0n) is 8.92. The van der Waals surface area contributed by atoms with Crippen LogP contribution >= 0.6 is 0 Å². The van der Waals surface area contributed by atoms with Crippen molar-refractivity contribution in [2.75, 3.05) is 13.2 Å². The van der Waals surface area contributed by atoms with Crippen LogP contribution in [0.25, 0.3) is 0 Å². The summed E-state index contributed by atoms with van der Waals surface area (Å²) >= 11 is 0. The van der Waals surface area contributed by atoms with Crippen LogP contribution in [0.4, 0.5) is 0 Å². The Bertz CT molecular complexity index is 426. The summed E-state index contributed by atoms with van der Waals surface area (Å²) in [7, 11) is -4.75. The van der Waals surface area contributed by atoms with Crippen molar-refractivity contribution in [3.05, 3.63) is 0 Å². The van der Waals surface area contributed by atoms with E-state index < -0.39 is 22.0 Å². The van der Waals surface area contributed by atoms with E-state index in [1.165, 1.54) is 4.90 Å². The van der Waals surface area contributed by atoms with Gasteiger partial charge in [0.25, 0.3) is 5.91 Å². The lowest BCUT2D eigenvalue weighted by atomic mass is 9.97. The van der Waals surface area contributed by atoms with Crippen LogP contribution < -0.4 is 16.6 Å². The number of piperidine rings is 1. The van der Waals surface area contributed by atoms with Crippen molar-refractivity contribution >= 4 is 16.3 Å². The molecule has 9 nitrogen and oxygen atoms in total. The van der Waals surface area contributed by atoms with Gasteiger partial charge in [-0.2, -0.15) is 8.42 Å². The van der Waals surface area contributed by atoms with Crippen LogP contribution in [0.3, 0.4) is 0 Å². The molecule has 0 spiro atoms. The van der Waals surface area contributed by atoms with Crippen molar-refractivity contribution in [1.29, 1.82) is 0 Å². The van der Waals surface area contributed by atoms with E-state index >= 15 is 0 Å². The first-order valence-corrected chi connectivity index (χ1v) is 6.41. The molecule has 0 aromatic rings. The van der Waals surface area contributed by atoms with Gasteiger partial charge in [-0.1, -0.05) is 0 Å². The summed E-state index contributed by atoms with van der Waals surface area (Å²) in [4.78, 5) is 13.2. The number of hydrogen-bond donors (Lipinski definition) is 4. The minimum absolute atomic E-state index is 0.132. The highest BCUT2D eigenvalue weighted by Gasteiger charge is 2.54. The first-order valence-electron chi connectivity index (χ1n) is 5.05. The van der Waals surface area contributed by atoms with E-state index in [9.17, 15) is 13.2 Å². The molecular formula is C7H14N4O5S. The predicted molar refractivity (Wildman–Crippen MR) is 55.4 cm³/mol. The number of nitrogens with zero attached hydrogens (tertiary/aromatic N) is 1. The molecule has 3 unspecified atom stereocenters. The topological polar surface area (TPSA) is 134 Å². The second-order valence-electron chi connectivity index (χ2n) is 4.09. The molecule has 2 bridgehead atoms. The molecule has 2 heterocycles. The minimum Gasteiger partial charge on any atom is -0.300 e. The Labute approximate surface area is 98.2 Å². The molecule has 0 aromatic heterocycles. The fourth-order valence-electron chi connectivity index (χ4n) is 2.31. The van der Waals surface area contributed by atoms with Crippen molar-refractivity contribution in [2.24, 2.45) is 5.84 Å². The second-order valence-corrected chi connectivity index (χ2v) is 5.11. The number of amides is 1. The lowest BCUT2D eigenvalue weighted by Gasteiger charge is -2.39. The number of carbonyl (C=O) groups excluding carboxylic acids is 1. The summed E-state index contributed by atoms with van der Waals surface area (Å²) < 4.78 is 35.1. The summed E-state index contributed by atoms with van der Waals surface area (Å²) in [5, 5.41) is 3.09. The van der Waals surface area contributed by atoms with E-state index in [0.717, 1.165) is 0 Å². The molecule has 10 heteroatoms. The smallest absolute Gasteiger partial charge is 0.300 e. The molecule has 1 amide bonds. The Morgan fingerprint density at radius 2 is 2.35 bits per heavy atom. The lowest BCUT2D eigenvalue weighted by Crippen LogP contribution is -2.63. The first-order chi connectivity index (χ1) is 7.87. The summed E-state index contributed by atoms with van der Waals surface area (Å²) in [6.45, 7) is 0.760. The molecule has 2 aliphatic rings. The number of nitrogens with one attached hydrogen (secondary N) is 2. The maximum Gasteiger partial charge on any atom is 0.399 e. The molecule has 5 N–H and O–H groups in total. The van der Waals surface area contributed by atoms with Crippen LogP contribution in [0.2, 0.25) is 0 Å². The van der Waals surface area contributed by atoms with Gasteiger partial charge < -0.3 is 5.32 Å². The van der Waals surface area contributed by atoms with Gasteiger partial charge in [0.2, 0.25) is 5.72 Å². The highest BCUT2D eigenvalue weighted by Crippen LogP contribution is 2.33. The Morgan fingerprint density at radius 1 is 1.65 bits per heavy atom. The van der Waals surface area contributed by atoms with Gasteiger partial charge in [-0.05, 0) is 6.42 Å². The summed E-state index contributed by atoms with van der Waals surface area (Å²) in [5.74, 6) is 4.24. The Hall–Kier alpha value is -0.780. The maximum atomic E-state index is 11.7. The minimum atomic E-state index is -4.75. The van der Waals surface area contributed by atoms with Gasteiger partial charge in [-0.15, -0.1) is 0 Å². The van der Waals surface area contributed by atoms with E-state index in [4.69, 9.17) is 10.4 Å². The molecular weight excluding hydrogens is 252 g/mol. The second kappa shape index (κ2) is 4.15. The summed E-state index contributed by atoms with van der Waals surface area (Å²) in [6.07, 6.45) is 0.687. The van der Waals surface area contributed by atoms with Crippen LogP contribution in [0, 0.1) is 0 Å². The van der Waals surface area contributed by atoms with Gasteiger partial charge in [0.1, 0.15) is 0 Å². The van der Waals surface area contributed by atoms with Gasteiger partial charge >= 0.3 is 10.4 Å². The van der Waals surface area contributed by atoms with E-state index in [1.807, 2.05) is 5.43 Å². The molecule has 0 aromatic carbocycles. The predicted octanol–water partition coefficient (Wildman–Crippen LogP) is -2.48. The quantitative estimate of drug-likeness (QED) is 0.191. The number of nitrogens with two attached hydrogens (primary N) is 1. The van der Waals surface area contributed by atoms with Crippen molar-refractivity contribution in [1.82, 2.24) is 15.6 Å². The van der Waals surface area contributed by atoms with E-state index in [0.29, 0.717) is 19.6 Å². The number of carbonyl (C=O) groups is 1. The van der Waals surface area contributed by atoms with E-state index in [-0.39, 0.29) is 12.5 Å². The average Bonchev–Trinajstić information content (AvgIpc) is 2.64. The lowest BCUT2D eigenvalue weighted by molar-refractivity contribution is -0.160. The standard InChI is InChI=1S/C7H14N4O5S/c8-10-6(12)7(16-17(13,14)15)2-1-5-3-11(7)4-9-5/h5,9H,1-4,8H2,(H,10,12)(H,13,14,15). The fourth-order valence-corrected chi connectivity index (χ4v) is 2.92. The molecule has 0 radical (unpaired) electrons. The van der Waals surface area contributed by atoms with Crippen LogP contribution in [0.5, 0.6) is 0 Å². The monoisotopic (exact) mass is 266 g/mol. The third-order valence-corrected chi connectivity index (χ3v) is 3.57. The zero-order valence-corrected chi connectivity index (χ0v) is 9.74. The zero-order chi connectivity index (χ0) is 12.7. The molecule has 2 saturated heterocycles. The molecule has 0 aliphatic carbocycles. The van der Waals surface area contributed by atoms with Crippen LogP contribution in [0.1, 0.15) is 12.8 Å². The van der Waals surface area contributed by atoms with Gasteiger partial charge in [0.15, 0.2) is 0 Å². The molecule has 2 fully saturated rings. The molecule has 0 saturated carbocycles. The van der Waals surface area contributed by atoms with Gasteiger partial charge in [-0.3, -0.25) is 19.7 Å². The van der Waals surface area contributed by atoms with Gasteiger partial charge in [-0.25, -0.2) is 10.0 Å².